The lowest BCUT2D eigenvalue weighted by molar-refractivity contribution is -0.122. The molecule has 0 spiro atoms. The number of hydrogen-bond acceptors (Lipinski definition) is 2. The van der Waals surface area contributed by atoms with Crippen LogP contribution in [0.4, 0.5) is 18.9 Å². The number of nitrogens with one attached hydrogen (secondary N) is 1. The molecule has 0 saturated heterocycles. The molecule has 1 fully saturated rings. The molecule has 6 heteroatoms. The van der Waals surface area contributed by atoms with Crippen molar-refractivity contribution in [1.29, 1.82) is 5.26 Å². The number of nitrogens with zero attached hydrogens (tertiary/aromatic N) is 1. The van der Waals surface area contributed by atoms with Crippen molar-refractivity contribution in [3.8, 4) is 6.07 Å². The van der Waals surface area contributed by atoms with Gasteiger partial charge in [-0.3, -0.25) is 4.79 Å². The maximum atomic E-state index is 13.4. The van der Waals surface area contributed by atoms with E-state index in [2.05, 4.69) is 5.32 Å². The minimum absolute atomic E-state index is 0.370. The number of halogens is 3. The standard InChI is InChI=1S/C13H11F3N2O/c14-8-5-9(15)11(16)10(6-8)18-12(19)13(7-17)3-1-2-4-13/h5-6H,1-4H2,(H,18,19). The number of hydrogen-bond donors (Lipinski definition) is 1. The van der Waals surface area contributed by atoms with E-state index in [0.717, 1.165) is 12.8 Å². The van der Waals surface area contributed by atoms with Crippen molar-refractivity contribution in [3.05, 3.63) is 29.6 Å². The van der Waals surface area contributed by atoms with Crippen LogP contribution in [-0.4, -0.2) is 5.91 Å². The smallest absolute Gasteiger partial charge is 0.244 e. The van der Waals surface area contributed by atoms with Gasteiger partial charge in [0.15, 0.2) is 11.6 Å². The molecule has 0 heterocycles. The lowest BCUT2D eigenvalue weighted by Crippen LogP contribution is -2.32. The van der Waals surface area contributed by atoms with Crippen LogP contribution in [0, 0.1) is 34.2 Å². The molecule has 19 heavy (non-hydrogen) atoms. The second-order valence-electron chi connectivity index (χ2n) is 4.60. The molecular weight excluding hydrogens is 257 g/mol. The predicted molar refractivity (Wildman–Crippen MR) is 61.5 cm³/mol. The highest BCUT2D eigenvalue weighted by Gasteiger charge is 2.41. The minimum Gasteiger partial charge on any atom is -0.322 e. The third-order valence-electron chi connectivity index (χ3n) is 3.35. The van der Waals surface area contributed by atoms with E-state index in [1.807, 2.05) is 6.07 Å². The van der Waals surface area contributed by atoms with Crippen LogP contribution in [0.2, 0.25) is 0 Å². The Morgan fingerprint density at radius 3 is 2.47 bits per heavy atom. The first-order valence-corrected chi connectivity index (χ1v) is 5.86. The van der Waals surface area contributed by atoms with E-state index >= 15 is 0 Å². The Hall–Kier alpha value is -2.03. The third kappa shape index (κ3) is 2.41. The Morgan fingerprint density at radius 2 is 1.89 bits per heavy atom. The van der Waals surface area contributed by atoms with Gasteiger partial charge in [0.05, 0.1) is 11.8 Å². The van der Waals surface area contributed by atoms with Crippen molar-refractivity contribution < 1.29 is 18.0 Å². The Kier molecular flexibility index (Phi) is 3.47. The van der Waals surface area contributed by atoms with Crippen LogP contribution in [-0.2, 0) is 4.79 Å². The zero-order valence-electron chi connectivity index (χ0n) is 9.97. The van der Waals surface area contributed by atoms with E-state index in [1.165, 1.54) is 0 Å². The second-order valence-corrected chi connectivity index (χ2v) is 4.60. The van der Waals surface area contributed by atoms with Gasteiger partial charge in [0.2, 0.25) is 5.91 Å². The molecule has 100 valence electrons. The Bertz CT molecular complexity index is 560. The summed E-state index contributed by atoms with van der Waals surface area (Å²) in [6.45, 7) is 0. The van der Waals surface area contributed by atoms with Gasteiger partial charge in [0, 0.05) is 12.1 Å². The Morgan fingerprint density at radius 1 is 1.26 bits per heavy atom. The maximum Gasteiger partial charge on any atom is 0.244 e. The number of carbonyl (C=O) groups excluding carboxylic acids is 1. The fourth-order valence-electron chi connectivity index (χ4n) is 2.26. The summed E-state index contributed by atoms with van der Waals surface area (Å²) in [5.74, 6) is -4.42. The first-order chi connectivity index (χ1) is 8.98. The number of anilines is 1. The summed E-state index contributed by atoms with van der Waals surface area (Å²) >= 11 is 0. The zero-order valence-corrected chi connectivity index (χ0v) is 9.97. The van der Waals surface area contributed by atoms with Gasteiger partial charge in [-0.25, -0.2) is 13.2 Å². The number of amides is 1. The van der Waals surface area contributed by atoms with E-state index in [9.17, 15) is 18.0 Å². The molecule has 1 aromatic carbocycles. The fourth-order valence-corrected chi connectivity index (χ4v) is 2.26. The van der Waals surface area contributed by atoms with Crippen LogP contribution in [0.1, 0.15) is 25.7 Å². The van der Waals surface area contributed by atoms with Crippen LogP contribution in [0.25, 0.3) is 0 Å². The van der Waals surface area contributed by atoms with Crippen molar-refractivity contribution in [3.63, 3.8) is 0 Å². The second kappa shape index (κ2) is 4.92. The summed E-state index contributed by atoms with van der Waals surface area (Å²) in [7, 11) is 0. The average molecular weight is 268 g/mol. The van der Waals surface area contributed by atoms with E-state index in [0.29, 0.717) is 25.0 Å². The lowest BCUT2D eigenvalue weighted by Gasteiger charge is -2.19. The van der Waals surface area contributed by atoms with E-state index in [4.69, 9.17) is 5.26 Å². The largest absolute Gasteiger partial charge is 0.322 e. The monoisotopic (exact) mass is 268 g/mol. The summed E-state index contributed by atoms with van der Waals surface area (Å²) in [6, 6.07) is 3.00. The van der Waals surface area contributed by atoms with Crippen molar-refractivity contribution in [1.82, 2.24) is 0 Å². The molecule has 0 radical (unpaired) electrons. The molecule has 1 amide bonds. The number of rotatable bonds is 2. The van der Waals surface area contributed by atoms with Crippen molar-refractivity contribution >= 4 is 11.6 Å². The van der Waals surface area contributed by atoms with Crippen molar-refractivity contribution in [2.24, 2.45) is 5.41 Å². The van der Waals surface area contributed by atoms with Crippen molar-refractivity contribution in [2.75, 3.05) is 5.32 Å². The number of carbonyl (C=O) groups is 1. The molecule has 1 aliphatic carbocycles. The first-order valence-electron chi connectivity index (χ1n) is 5.86. The predicted octanol–water partition coefficient (Wildman–Crippen LogP) is 3.13. The molecule has 3 nitrogen and oxygen atoms in total. The van der Waals surface area contributed by atoms with Gasteiger partial charge >= 0.3 is 0 Å². The zero-order chi connectivity index (χ0) is 14.0. The summed E-state index contributed by atoms with van der Waals surface area (Å²) in [5.41, 5.74) is -1.81. The average Bonchev–Trinajstić information content (AvgIpc) is 2.85. The summed E-state index contributed by atoms with van der Waals surface area (Å²) in [4.78, 5) is 12.0. The van der Waals surface area contributed by atoms with Gasteiger partial charge in [-0.2, -0.15) is 5.26 Å². The van der Waals surface area contributed by atoms with Gasteiger partial charge in [0.25, 0.3) is 0 Å². The maximum absolute atomic E-state index is 13.4. The molecule has 0 atom stereocenters. The van der Waals surface area contributed by atoms with Gasteiger partial charge in [-0.15, -0.1) is 0 Å². The molecule has 2 rings (SSSR count). The van der Waals surface area contributed by atoms with Crippen LogP contribution < -0.4 is 5.32 Å². The molecule has 1 aromatic rings. The normalized spacial score (nSPS) is 16.9. The SMILES string of the molecule is N#CC1(C(=O)Nc2cc(F)cc(F)c2F)CCCC1. The molecule has 0 bridgehead atoms. The van der Waals surface area contributed by atoms with E-state index < -0.39 is 34.5 Å². The molecule has 1 N–H and O–H groups in total. The van der Waals surface area contributed by atoms with Gasteiger partial charge in [0.1, 0.15) is 11.2 Å². The highest BCUT2D eigenvalue weighted by molar-refractivity contribution is 5.97. The Balaban J connectivity index is 2.27. The fraction of sp³-hybridized carbons (Fsp3) is 0.385. The Labute approximate surface area is 108 Å². The molecule has 1 saturated carbocycles. The summed E-state index contributed by atoms with van der Waals surface area (Å²) < 4.78 is 39.4. The molecule has 0 aromatic heterocycles. The van der Waals surface area contributed by atoms with Crippen LogP contribution in [0.3, 0.4) is 0 Å². The minimum atomic E-state index is -1.38. The van der Waals surface area contributed by atoms with E-state index in [1.54, 1.807) is 0 Å². The van der Waals surface area contributed by atoms with Crippen LogP contribution >= 0.6 is 0 Å². The first kappa shape index (κ1) is 13.4. The van der Waals surface area contributed by atoms with Gasteiger partial charge in [-0.05, 0) is 12.8 Å². The molecular formula is C13H11F3N2O. The van der Waals surface area contributed by atoms with Gasteiger partial charge < -0.3 is 5.32 Å². The number of benzene rings is 1. The number of nitriles is 1. The molecule has 0 aliphatic heterocycles. The highest BCUT2D eigenvalue weighted by Crippen LogP contribution is 2.38. The lowest BCUT2D eigenvalue weighted by atomic mass is 9.87. The quantitative estimate of drug-likeness (QED) is 0.838. The molecule has 1 aliphatic rings. The highest BCUT2D eigenvalue weighted by atomic mass is 19.2. The summed E-state index contributed by atoms with van der Waals surface area (Å²) in [5, 5.41) is 11.2. The van der Waals surface area contributed by atoms with Crippen LogP contribution in [0.5, 0.6) is 0 Å². The van der Waals surface area contributed by atoms with Crippen LogP contribution in [0.15, 0.2) is 12.1 Å². The topological polar surface area (TPSA) is 52.9 Å². The summed E-state index contributed by atoms with van der Waals surface area (Å²) in [6.07, 6.45) is 2.19. The third-order valence-corrected chi connectivity index (χ3v) is 3.35. The molecule has 0 unspecified atom stereocenters. The van der Waals surface area contributed by atoms with Crippen molar-refractivity contribution in [2.45, 2.75) is 25.7 Å². The van der Waals surface area contributed by atoms with Gasteiger partial charge in [-0.1, -0.05) is 12.8 Å². The van der Waals surface area contributed by atoms with E-state index in [-0.39, 0.29) is 0 Å².